The molecule has 1 aromatic rings. The van der Waals surface area contributed by atoms with E-state index < -0.39 is 0 Å². The molecule has 0 bridgehead atoms. The molecule has 0 amide bonds. The smallest absolute Gasteiger partial charge is 0.243 e. The fourth-order valence-corrected chi connectivity index (χ4v) is 1.32. The lowest BCUT2D eigenvalue weighted by atomic mass is 9.98. The van der Waals surface area contributed by atoms with E-state index in [1.807, 2.05) is 6.92 Å². The summed E-state index contributed by atoms with van der Waals surface area (Å²) in [5, 5.41) is 0. The Labute approximate surface area is 74.8 Å². The van der Waals surface area contributed by atoms with Crippen molar-refractivity contribution in [2.24, 2.45) is 7.05 Å². The van der Waals surface area contributed by atoms with Gasteiger partial charge in [-0.15, -0.1) is 0 Å². The molecule has 2 radical (unpaired) electrons. The number of hydrogen-bond donors (Lipinski definition) is 0. The van der Waals surface area contributed by atoms with Crippen molar-refractivity contribution in [3.05, 3.63) is 26.6 Å². The minimum atomic E-state index is -0.147. The zero-order chi connectivity index (χ0) is 8.59. The van der Waals surface area contributed by atoms with Crippen LogP contribution in [0.15, 0.2) is 15.3 Å². The fraction of sp³-hybridized carbons (Fsp3) is 0.286. The summed E-state index contributed by atoms with van der Waals surface area (Å²) in [6.45, 7) is 1.85. The first kappa shape index (κ1) is 8.59. The van der Waals surface area contributed by atoms with Crippen LogP contribution in [0.5, 0.6) is 0 Å². The summed E-state index contributed by atoms with van der Waals surface area (Å²) < 4.78 is 2.37. The van der Waals surface area contributed by atoms with Gasteiger partial charge in [-0.1, -0.05) is 0 Å². The molecule has 0 aliphatic heterocycles. The van der Waals surface area contributed by atoms with E-state index in [1.54, 1.807) is 13.1 Å². The summed E-state index contributed by atoms with van der Waals surface area (Å²) in [5.74, 6) is 0. The quantitative estimate of drug-likeness (QED) is 0.565. The first-order valence-corrected chi connectivity index (χ1v) is 3.95. The second-order valence-corrected chi connectivity index (χ2v) is 3.25. The van der Waals surface area contributed by atoms with Crippen LogP contribution in [-0.2, 0) is 7.05 Å². The van der Waals surface area contributed by atoms with Gasteiger partial charge in [0.05, 0.1) is 0 Å². The zero-order valence-corrected chi connectivity index (χ0v) is 7.97. The van der Waals surface area contributed by atoms with Gasteiger partial charge in [-0.2, -0.15) is 0 Å². The average Bonchev–Trinajstić information content (AvgIpc) is 1.97. The highest BCUT2D eigenvalue weighted by Gasteiger charge is 2.02. The molecule has 0 atom stereocenters. The molecule has 0 aromatic carbocycles. The third-order valence-electron chi connectivity index (χ3n) is 1.68. The van der Waals surface area contributed by atoms with E-state index in [1.165, 1.54) is 4.57 Å². The summed E-state index contributed by atoms with van der Waals surface area (Å²) in [5.41, 5.74) is 1.000. The minimum absolute atomic E-state index is 0.147. The van der Waals surface area contributed by atoms with E-state index in [-0.39, 0.29) is 11.0 Å². The summed E-state index contributed by atoms with van der Waals surface area (Å²) in [4.78, 5) is 11.2. The van der Waals surface area contributed by atoms with Gasteiger partial charge in [0, 0.05) is 17.2 Å². The molecule has 0 aliphatic rings. The number of halogens is 1. The van der Waals surface area contributed by atoms with Crippen LogP contribution in [-0.4, -0.2) is 12.4 Å². The first-order valence-electron chi connectivity index (χ1n) is 3.15. The van der Waals surface area contributed by atoms with Crippen molar-refractivity contribution in [3.63, 3.8) is 0 Å². The highest BCUT2D eigenvalue weighted by Crippen LogP contribution is 2.10. The largest absolute Gasteiger partial charge is 0.315 e. The maximum atomic E-state index is 11.2. The van der Waals surface area contributed by atoms with Crippen molar-refractivity contribution < 1.29 is 0 Å². The molecule has 56 valence electrons. The normalized spacial score (nSPS) is 10.1. The van der Waals surface area contributed by atoms with Crippen LogP contribution >= 0.6 is 15.9 Å². The average molecular weight is 212 g/mol. The van der Waals surface area contributed by atoms with E-state index in [4.69, 9.17) is 7.85 Å². The fourth-order valence-electron chi connectivity index (χ4n) is 0.809. The molecule has 4 heteroatoms. The predicted octanol–water partition coefficient (Wildman–Crippen LogP) is 0.250. The van der Waals surface area contributed by atoms with E-state index in [0.29, 0.717) is 0 Å². The summed E-state index contributed by atoms with van der Waals surface area (Å²) in [6.07, 6.45) is 0. The van der Waals surface area contributed by atoms with Gasteiger partial charge in [0.1, 0.15) is 7.85 Å². The highest BCUT2D eigenvalue weighted by atomic mass is 79.9. The standard InChI is InChI=1S/C7H7BBrNO/c1-4-6(9)3-5(8)7(11)10(4)2/h3H,1-2H3. The van der Waals surface area contributed by atoms with E-state index in [9.17, 15) is 4.79 Å². The third-order valence-corrected chi connectivity index (χ3v) is 2.49. The summed E-state index contributed by atoms with van der Waals surface area (Å²) in [6, 6.07) is 1.62. The Morgan fingerprint density at radius 2 is 2.18 bits per heavy atom. The number of rotatable bonds is 0. The number of nitrogens with zero attached hydrogens (tertiary/aromatic N) is 1. The molecule has 1 heterocycles. The number of aromatic nitrogens is 1. The molecule has 1 rings (SSSR count). The second kappa shape index (κ2) is 2.85. The van der Waals surface area contributed by atoms with Gasteiger partial charge in [0.2, 0.25) is 5.56 Å². The molecule has 11 heavy (non-hydrogen) atoms. The first-order chi connectivity index (χ1) is 5.04. The monoisotopic (exact) mass is 211 g/mol. The van der Waals surface area contributed by atoms with Crippen LogP contribution < -0.4 is 11.0 Å². The van der Waals surface area contributed by atoms with Crippen LogP contribution in [0.4, 0.5) is 0 Å². The topological polar surface area (TPSA) is 22.0 Å². The highest BCUT2D eigenvalue weighted by molar-refractivity contribution is 9.10. The number of pyridine rings is 1. The van der Waals surface area contributed by atoms with Crippen molar-refractivity contribution in [3.8, 4) is 0 Å². The van der Waals surface area contributed by atoms with Crippen molar-refractivity contribution >= 4 is 29.2 Å². The van der Waals surface area contributed by atoms with Crippen molar-refractivity contribution in [2.75, 3.05) is 0 Å². The van der Waals surface area contributed by atoms with Crippen LogP contribution in [0.1, 0.15) is 5.69 Å². The van der Waals surface area contributed by atoms with Gasteiger partial charge >= 0.3 is 0 Å². The molecule has 0 saturated carbocycles. The molecule has 0 spiro atoms. The SMILES string of the molecule is [B]c1cc(Br)c(C)n(C)c1=O. The Hall–Kier alpha value is -0.505. The van der Waals surface area contributed by atoms with Crippen LogP contribution in [0.2, 0.25) is 0 Å². The van der Waals surface area contributed by atoms with Crippen molar-refractivity contribution in [1.29, 1.82) is 0 Å². The van der Waals surface area contributed by atoms with Crippen LogP contribution in [0, 0.1) is 6.92 Å². The van der Waals surface area contributed by atoms with E-state index >= 15 is 0 Å². The Morgan fingerprint density at radius 3 is 2.73 bits per heavy atom. The molecule has 0 fully saturated rings. The molecule has 0 saturated heterocycles. The third kappa shape index (κ3) is 1.40. The van der Waals surface area contributed by atoms with Crippen LogP contribution in [0.25, 0.3) is 0 Å². The van der Waals surface area contributed by atoms with Gasteiger partial charge in [-0.25, -0.2) is 0 Å². The maximum Gasteiger partial charge on any atom is 0.243 e. The van der Waals surface area contributed by atoms with Gasteiger partial charge < -0.3 is 4.57 Å². The van der Waals surface area contributed by atoms with Gasteiger partial charge in [0.15, 0.2) is 0 Å². The van der Waals surface area contributed by atoms with E-state index in [2.05, 4.69) is 15.9 Å². The van der Waals surface area contributed by atoms with Gasteiger partial charge in [0.25, 0.3) is 0 Å². The molecule has 1 aromatic heterocycles. The van der Waals surface area contributed by atoms with Crippen molar-refractivity contribution in [1.82, 2.24) is 4.57 Å². The zero-order valence-electron chi connectivity index (χ0n) is 6.39. The molecular formula is C7H7BBrNO. The molecule has 0 unspecified atom stereocenters. The Kier molecular flexibility index (Phi) is 2.23. The molecule has 2 nitrogen and oxygen atoms in total. The summed E-state index contributed by atoms with van der Waals surface area (Å²) >= 11 is 3.29. The maximum absolute atomic E-state index is 11.2. The molecular weight excluding hydrogens is 205 g/mol. The Morgan fingerprint density at radius 1 is 1.64 bits per heavy atom. The minimum Gasteiger partial charge on any atom is -0.315 e. The molecule has 0 N–H and O–H groups in total. The Balaban J connectivity index is 3.59. The lowest BCUT2D eigenvalue weighted by Crippen LogP contribution is -2.34. The lowest BCUT2D eigenvalue weighted by molar-refractivity contribution is 0.819. The summed E-state index contributed by atoms with van der Waals surface area (Å²) in [7, 11) is 7.12. The Bertz CT molecular complexity index is 345. The van der Waals surface area contributed by atoms with Crippen LogP contribution in [0.3, 0.4) is 0 Å². The molecule has 0 aliphatic carbocycles. The number of hydrogen-bond acceptors (Lipinski definition) is 1. The van der Waals surface area contributed by atoms with Gasteiger partial charge in [-0.3, -0.25) is 4.79 Å². The lowest BCUT2D eigenvalue weighted by Gasteiger charge is -2.06. The second-order valence-electron chi connectivity index (χ2n) is 2.40. The predicted molar refractivity (Wildman–Crippen MR) is 49.5 cm³/mol. The van der Waals surface area contributed by atoms with Crippen molar-refractivity contribution in [2.45, 2.75) is 6.92 Å². The van der Waals surface area contributed by atoms with Gasteiger partial charge in [-0.05, 0) is 34.4 Å². The van der Waals surface area contributed by atoms with E-state index in [0.717, 1.165) is 10.2 Å².